The van der Waals surface area contributed by atoms with E-state index < -0.39 is 23.2 Å². The standard InChI is InChI=1S/C21H16F3N5O2/c1-28-11-13(10-25-28)19(30)26-16-8-4-7-15-17(16)27-18(29(2)20(15)31)12-5-3-6-14(9-12)21(22,23)24/h3-11H,1-2H3,(H,26,30). The zero-order valence-electron chi connectivity index (χ0n) is 16.4. The molecule has 2 aromatic carbocycles. The van der Waals surface area contributed by atoms with Gasteiger partial charge in [0.25, 0.3) is 11.5 Å². The number of benzene rings is 2. The maximum absolute atomic E-state index is 13.1. The zero-order chi connectivity index (χ0) is 22.3. The molecular weight excluding hydrogens is 411 g/mol. The van der Waals surface area contributed by atoms with Crippen molar-refractivity contribution in [2.45, 2.75) is 6.18 Å². The number of anilines is 1. The number of fused-ring (bicyclic) bond motifs is 1. The van der Waals surface area contributed by atoms with Gasteiger partial charge in [-0.2, -0.15) is 18.3 Å². The van der Waals surface area contributed by atoms with Crippen molar-refractivity contribution >= 4 is 22.5 Å². The molecule has 2 heterocycles. The number of amides is 1. The average Bonchev–Trinajstić information content (AvgIpc) is 3.17. The Morgan fingerprint density at radius 1 is 1.10 bits per heavy atom. The fourth-order valence-corrected chi connectivity index (χ4v) is 3.22. The Kier molecular flexibility index (Phi) is 4.84. The Labute approximate surface area is 173 Å². The van der Waals surface area contributed by atoms with Crippen LogP contribution in [0.25, 0.3) is 22.3 Å². The minimum atomic E-state index is -4.53. The van der Waals surface area contributed by atoms with Gasteiger partial charge in [-0.25, -0.2) is 4.98 Å². The number of para-hydroxylation sites is 1. The molecule has 0 aliphatic heterocycles. The molecular formula is C21H16F3N5O2. The summed E-state index contributed by atoms with van der Waals surface area (Å²) in [5, 5.41) is 6.86. The van der Waals surface area contributed by atoms with Gasteiger partial charge >= 0.3 is 6.18 Å². The predicted molar refractivity (Wildman–Crippen MR) is 109 cm³/mol. The highest BCUT2D eigenvalue weighted by atomic mass is 19.4. The SMILES string of the molecule is Cn1cc(C(=O)Nc2cccc3c(=O)n(C)c(-c4cccc(C(F)(F)F)c4)nc23)cn1. The number of aryl methyl sites for hydroxylation is 1. The van der Waals surface area contributed by atoms with Gasteiger partial charge in [-0.1, -0.05) is 18.2 Å². The Hall–Kier alpha value is -3.95. The van der Waals surface area contributed by atoms with Crippen molar-refractivity contribution in [2.24, 2.45) is 14.1 Å². The number of hydrogen-bond acceptors (Lipinski definition) is 4. The third-order valence-electron chi connectivity index (χ3n) is 4.77. The molecule has 0 saturated carbocycles. The summed E-state index contributed by atoms with van der Waals surface area (Å²) in [5.41, 5.74) is -0.425. The third kappa shape index (κ3) is 3.79. The van der Waals surface area contributed by atoms with E-state index in [1.807, 2.05) is 0 Å². The molecule has 31 heavy (non-hydrogen) atoms. The summed E-state index contributed by atoms with van der Waals surface area (Å²) in [5.74, 6) is -0.407. The smallest absolute Gasteiger partial charge is 0.320 e. The lowest BCUT2D eigenvalue weighted by atomic mass is 10.1. The first kappa shape index (κ1) is 20.3. The van der Waals surface area contributed by atoms with Crippen LogP contribution in [0.1, 0.15) is 15.9 Å². The van der Waals surface area contributed by atoms with E-state index in [2.05, 4.69) is 15.4 Å². The number of carbonyl (C=O) groups is 1. The van der Waals surface area contributed by atoms with Gasteiger partial charge in [-0.15, -0.1) is 0 Å². The number of alkyl halides is 3. The Balaban J connectivity index is 1.86. The lowest BCUT2D eigenvalue weighted by Crippen LogP contribution is -2.21. The summed E-state index contributed by atoms with van der Waals surface area (Å²) in [6.45, 7) is 0. The molecule has 0 bridgehead atoms. The van der Waals surface area contributed by atoms with Crippen LogP contribution in [0, 0.1) is 0 Å². The van der Waals surface area contributed by atoms with Gasteiger partial charge in [0.2, 0.25) is 0 Å². The van der Waals surface area contributed by atoms with Crippen LogP contribution in [0.2, 0.25) is 0 Å². The molecule has 4 rings (SSSR count). The molecule has 1 amide bonds. The summed E-state index contributed by atoms with van der Waals surface area (Å²) in [6.07, 6.45) is -1.61. The predicted octanol–water partition coefficient (Wildman–Crippen LogP) is 3.61. The van der Waals surface area contributed by atoms with Crippen LogP contribution in [-0.2, 0) is 20.3 Å². The fourth-order valence-electron chi connectivity index (χ4n) is 3.22. The maximum atomic E-state index is 13.1. The van der Waals surface area contributed by atoms with Crippen LogP contribution in [0.5, 0.6) is 0 Å². The number of nitrogens with one attached hydrogen (secondary N) is 1. The summed E-state index contributed by atoms with van der Waals surface area (Å²) in [6, 6.07) is 9.28. The van der Waals surface area contributed by atoms with Crippen molar-refractivity contribution in [3.63, 3.8) is 0 Å². The molecule has 0 aliphatic rings. The minimum absolute atomic E-state index is 0.0478. The van der Waals surface area contributed by atoms with Gasteiger partial charge < -0.3 is 5.32 Å². The van der Waals surface area contributed by atoms with Crippen molar-refractivity contribution in [1.29, 1.82) is 0 Å². The van der Waals surface area contributed by atoms with Crippen LogP contribution in [-0.4, -0.2) is 25.2 Å². The third-order valence-corrected chi connectivity index (χ3v) is 4.77. The molecule has 0 fully saturated rings. The van der Waals surface area contributed by atoms with E-state index in [9.17, 15) is 22.8 Å². The quantitative estimate of drug-likeness (QED) is 0.542. The second kappa shape index (κ2) is 7.38. The monoisotopic (exact) mass is 427 g/mol. The fraction of sp³-hybridized carbons (Fsp3) is 0.143. The molecule has 2 aromatic heterocycles. The highest BCUT2D eigenvalue weighted by Gasteiger charge is 2.30. The largest absolute Gasteiger partial charge is 0.416 e. The van der Waals surface area contributed by atoms with Crippen LogP contribution in [0.3, 0.4) is 0 Å². The van der Waals surface area contributed by atoms with E-state index in [0.717, 1.165) is 12.1 Å². The second-order valence-electron chi connectivity index (χ2n) is 6.94. The number of rotatable bonds is 3. The van der Waals surface area contributed by atoms with Crippen LogP contribution >= 0.6 is 0 Å². The van der Waals surface area contributed by atoms with E-state index in [1.54, 1.807) is 25.2 Å². The van der Waals surface area contributed by atoms with Gasteiger partial charge in [0.05, 0.1) is 28.4 Å². The van der Waals surface area contributed by atoms with E-state index in [4.69, 9.17) is 0 Å². The summed E-state index contributed by atoms with van der Waals surface area (Å²) in [7, 11) is 3.10. The Bertz CT molecular complexity index is 1370. The van der Waals surface area contributed by atoms with Crippen molar-refractivity contribution in [2.75, 3.05) is 5.32 Å². The molecule has 7 nitrogen and oxygen atoms in total. The lowest BCUT2D eigenvalue weighted by molar-refractivity contribution is -0.137. The molecule has 0 aliphatic carbocycles. The first-order valence-corrected chi connectivity index (χ1v) is 9.12. The molecule has 0 radical (unpaired) electrons. The molecule has 0 atom stereocenters. The van der Waals surface area contributed by atoms with E-state index in [0.29, 0.717) is 5.56 Å². The van der Waals surface area contributed by atoms with Gasteiger partial charge in [-0.3, -0.25) is 18.8 Å². The molecule has 0 spiro atoms. The van der Waals surface area contributed by atoms with Crippen molar-refractivity contribution in [3.8, 4) is 11.4 Å². The summed E-state index contributed by atoms with van der Waals surface area (Å²) >= 11 is 0. The lowest BCUT2D eigenvalue weighted by Gasteiger charge is -2.14. The zero-order valence-corrected chi connectivity index (χ0v) is 16.4. The molecule has 1 N–H and O–H groups in total. The summed E-state index contributed by atoms with van der Waals surface area (Å²) in [4.78, 5) is 29.9. The normalized spacial score (nSPS) is 11.6. The molecule has 0 saturated heterocycles. The van der Waals surface area contributed by atoms with Crippen LogP contribution in [0.4, 0.5) is 18.9 Å². The molecule has 10 heteroatoms. The van der Waals surface area contributed by atoms with Gasteiger partial charge in [-0.05, 0) is 24.3 Å². The second-order valence-corrected chi connectivity index (χ2v) is 6.94. The van der Waals surface area contributed by atoms with Gasteiger partial charge in [0, 0.05) is 25.9 Å². The summed E-state index contributed by atoms with van der Waals surface area (Å²) < 4.78 is 42.1. The highest BCUT2D eigenvalue weighted by molar-refractivity contribution is 6.08. The highest BCUT2D eigenvalue weighted by Crippen LogP contribution is 2.32. The number of hydrogen-bond donors (Lipinski definition) is 1. The Morgan fingerprint density at radius 2 is 1.84 bits per heavy atom. The first-order chi connectivity index (χ1) is 14.6. The number of aromatic nitrogens is 4. The van der Waals surface area contributed by atoms with Gasteiger partial charge in [0.1, 0.15) is 11.3 Å². The van der Waals surface area contributed by atoms with E-state index in [-0.39, 0.29) is 28.0 Å². The molecule has 0 unspecified atom stereocenters. The number of halogens is 3. The maximum Gasteiger partial charge on any atom is 0.416 e. The van der Waals surface area contributed by atoms with Crippen molar-refractivity contribution in [3.05, 3.63) is 76.3 Å². The van der Waals surface area contributed by atoms with E-state index in [1.165, 1.54) is 40.8 Å². The van der Waals surface area contributed by atoms with Crippen LogP contribution < -0.4 is 10.9 Å². The molecule has 158 valence electrons. The van der Waals surface area contributed by atoms with Gasteiger partial charge in [0.15, 0.2) is 0 Å². The topological polar surface area (TPSA) is 81.8 Å². The Morgan fingerprint density at radius 3 is 2.52 bits per heavy atom. The van der Waals surface area contributed by atoms with Crippen molar-refractivity contribution < 1.29 is 18.0 Å². The minimum Gasteiger partial charge on any atom is -0.320 e. The van der Waals surface area contributed by atoms with E-state index >= 15 is 0 Å². The average molecular weight is 427 g/mol. The number of carbonyl (C=O) groups excluding carboxylic acids is 1. The van der Waals surface area contributed by atoms with Crippen LogP contribution in [0.15, 0.2) is 59.7 Å². The molecule has 4 aromatic rings. The van der Waals surface area contributed by atoms with Crippen molar-refractivity contribution in [1.82, 2.24) is 19.3 Å². The first-order valence-electron chi connectivity index (χ1n) is 9.12. The number of nitrogens with zero attached hydrogens (tertiary/aromatic N) is 4.